The summed E-state index contributed by atoms with van der Waals surface area (Å²) in [6, 6.07) is 6.01. The third-order valence-electron chi connectivity index (χ3n) is 3.86. The Kier molecular flexibility index (Phi) is 4.24. The molecule has 0 aliphatic heterocycles. The van der Waals surface area contributed by atoms with Crippen molar-refractivity contribution in [2.75, 3.05) is 14.2 Å². The Morgan fingerprint density at radius 1 is 1.17 bits per heavy atom. The van der Waals surface area contributed by atoms with Gasteiger partial charge < -0.3 is 14.3 Å². The van der Waals surface area contributed by atoms with Crippen LogP contribution in [0, 0.1) is 5.92 Å². The van der Waals surface area contributed by atoms with Gasteiger partial charge in [-0.25, -0.2) is 0 Å². The fraction of sp³-hybridized carbons (Fsp3) is 0.533. The standard InChI is InChI=1S/C15H20O3/c1-17-13-8-12(9-14(10-13)18-2)15-5-3-4-11(15)6-7-16/h7-11,15H,3-6H2,1-2H3/t11-,15-/m1/s1. The molecule has 0 heterocycles. The molecule has 0 radical (unpaired) electrons. The first-order chi connectivity index (χ1) is 8.78. The van der Waals surface area contributed by atoms with E-state index in [1.165, 1.54) is 12.0 Å². The second-order valence-corrected chi connectivity index (χ2v) is 4.85. The molecule has 0 spiro atoms. The number of hydrogen-bond donors (Lipinski definition) is 0. The summed E-state index contributed by atoms with van der Waals surface area (Å²) in [6.45, 7) is 0. The Morgan fingerprint density at radius 2 is 1.83 bits per heavy atom. The zero-order valence-corrected chi connectivity index (χ0v) is 11.0. The van der Waals surface area contributed by atoms with Crippen LogP contribution in [0.4, 0.5) is 0 Å². The summed E-state index contributed by atoms with van der Waals surface area (Å²) in [5.41, 5.74) is 1.23. The fourth-order valence-electron chi connectivity index (χ4n) is 2.92. The normalized spacial score (nSPS) is 22.8. The van der Waals surface area contributed by atoms with Crippen LogP contribution in [0.3, 0.4) is 0 Å². The van der Waals surface area contributed by atoms with Gasteiger partial charge in [0, 0.05) is 12.5 Å². The molecule has 1 aromatic rings. The van der Waals surface area contributed by atoms with Crippen LogP contribution in [-0.2, 0) is 4.79 Å². The zero-order valence-electron chi connectivity index (χ0n) is 11.0. The molecule has 2 atom stereocenters. The van der Waals surface area contributed by atoms with Gasteiger partial charge >= 0.3 is 0 Å². The average Bonchev–Trinajstić information content (AvgIpc) is 2.87. The maximum Gasteiger partial charge on any atom is 0.122 e. The third kappa shape index (κ3) is 2.66. The molecule has 1 saturated carbocycles. The molecule has 3 heteroatoms. The number of carbonyl (C=O) groups is 1. The number of carbonyl (C=O) groups excluding carboxylic acids is 1. The van der Waals surface area contributed by atoms with Gasteiger partial charge in [0.05, 0.1) is 14.2 Å². The van der Waals surface area contributed by atoms with E-state index in [2.05, 4.69) is 12.1 Å². The molecule has 1 aliphatic rings. The lowest BCUT2D eigenvalue weighted by atomic mass is 9.87. The quantitative estimate of drug-likeness (QED) is 0.751. The number of methoxy groups -OCH3 is 2. The topological polar surface area (TPSA) is 35.5 Å². The highest BCUT2D eigenvalue weighted by Crippen LogP contribution is 2.42. The highest BCUT2D eigenvalue weighted by molar-refractivity contribution is 5.50. The summed E-state index contributed by atoms with van der Waals surface area (Å²) in [5.74, 6) is 2.57. The van der Waals surface area contributed by atoms with Gasteiger partial charge in [0.1, 0.15) is 17.8 Å². The predicted octanol–water partition coefficient (Wildman–Crippen LogP) is 3.18. The monoisotopic (exact) mass is 248 g/mol. The van der Waals surface area contributed by atoms with Gasteiger partial charge in [0.25, 0.3) is 0 Å². The van der Waals surface area contributed by atoms with Crippen LogP contribution in [0.1, 0.15) is 37.2 Å². The molecule has 0 bridgehead atoms. The Balaban J connectivity index is 2.28. The van der Waals surface area contributed by atoms with Gasteiger partial charge in [-0.05, 0) is 42.4 Å². The minimum absolute atomic E-state index is 0.458. The largest absolute Gasteiger partial charge is 0.497 e. The van der Waals surface area contributed by atoms with E-state index >= 15 is 0 Å². The molecular formula is C15H20O3. The van der Waals surface area contributed by atoms with E-state index in [-0.39, 0.29) is 0 Å². The molecule has 0 unspecified atom stereocenters. The van der Waals surface area contributed by atoms with Gasteiger partial charge in [0.2, 0.25) is 0 Å². The molecule has 1 fully saturated rings. The van der Waals surface area contributed by atoms with Crippen LogP contribution in [0.2, 0.25) is 0 Å². The van der Waals surface area contributed by atoms with Crippen LogP contribution < -0.4 is 9.47 Å². The Morgan fingerprint density at radius 3 is 2.39 bits per heavy atom. The summed E-state index contributed by atoms with van der Waals surface area (Å²) in [7, 11) is 3.33. The third-order valence-corrected chi connectivity index (χ3v) is 3.86. The highest BCUT2D eigenvalue weighted by Gasteiger charge is 2.28. The summed E-state index contributed by atoms with van der Waals surface area (Å²) >= 11 is 0. The van der Waals surface area contributed by atoms with Gasteiger partial charge in [-0.3, -0.25) is 0 Å². The molecular weight excluding hydrogens is 228 g/mol. The molecule has 98 valence electrons. The van der Waals surface area contributed by atoms with Gasteiger partial charge in [-0.2, -0.15) is 0 Å². The minimum atomic E-state index is 0.458. The molecule has 0 amide bonds. The molecule has 0 aromatic heterocycles. The lowest BCUT2D eigenvalue weighted by Crippen LogP contribution is -2.07. The van der Waals surface area contributed by atoms with Crippen LogP contribution in [0.25, 0.3) is 0 Å². The summed E-state index contributed by atoms with van der Waals surface area (Å²) in [4.78, 5) is 10.7. The van der Waals surface area contributed by atoms with Gasteiger partial charge in [-0.15, -0.1) is 0 Å². The Bertz CT molecular complexity index is 392. The van der Waals surface area contributed by atoms with E-state index < -0.39 is 0 Å². The van der Waals surface area contributed by atoms with Crippen molar-refractivity contribution in [3.8, 4) is 11.5 Å². The molecule has 0 saturated heterocycles. The Labute approximate surface area is 108 Å². The van der Waals surface area contributed by atoms with Crippen LogP contribution >= 0.6 is 0 Å². The smallest absolute Gasteiger partial charge is 0.122 e. The van der Waals surface area contributed by atoms with Crippen LogP contribution in [0.5, 0.6) is 11.5 Å². The van der Waals surface area contributed by atoms with Gasteiger partial charge in [-0.1, -0.05) is 6.42 Å². The highest BCUT2D eigenvalue weighted by atomic mass is 16.5. The van der Waals surface area contributed by atoms with E-state index in [4.69, 9.17) is 9.47 Å². The maximum atomic E-state index is 10.7. The predicted molar refractivity (Wildman–Crippen MR) is 70.3 cm³/mol. The maximum absolute atomic E-state index is 10.7. The molecule has 0 N–H and O–H groups in total. The van der Waals surface area contributed by atoms with E-state index in [1.807, 2.05) is 6.07 Å². The lowest BCUT2D eigenvalue weighted by Gasteiger charge is -2.19. The van der Waals surface area contributed by atoms with Gasteiger partial charge in [0.15, 0.2) is 0 Å². The molecule has 18 heavy (non-hydrogen) atoms. The fourth-order valence-corrected chi connectivity index (χ4v) is 2.92. The molecule has 1 aromatic carbocycles. The first-order valence-electron chi connectivity index (χ1n) is 6.45. The molecule has 2 rings (SSSR count). The van der Waals surface area contributed by atoms with Crippen molar-refractivity contribution in [3.05, 3.63) is 23.8 Å². The molecule has 3 nitrogen and oxygen atoms in total. The summed E-state index contributed by atoms with van der Waals surface area (Å²) < 4.78 is 10.6. The van der Waals surface area contributed by atoms with E-state index in [0.717, 1.165) is 30.6 Å². The SMILES string of the molecule is COc1cc(OC)cc([C@@H]2CCC[C@@H]2CC=O)c1. The van der Waals surface area contributed by atoms with Crippen LogP contribution in [-0.4, -0.2) is 20.5 Å². The van der Waals surface area contributed by atoms with Crippen molar-refractivity contribution in [2.24, 2.45) is 5.92 Å². The Hall–Kier alpha value is -1.51. The first-order valence-corrected chi connectivity index (χ1v) is 6.45. The lowest BCUT2D eigenvalue weighted by molar-refractivity contribution is -0.108. The second kappa shape index (κ2) is 5.89. The van der Waals surface area contributed by atoms with E-state index in [1.54, 1.807) is 14.2 Å². The minimum Gasteiger partial charge on any atom is -0.497 e. The number of ether oxygens (including phenoxy) is 2. The summed E-state index contributed by atoms with van der Waals surface area (Å²) in [5, 5.41) is 0. The summed E-state index contributed by atoms with van der Waals surface area (Å²) in [6.07, 6.45) is 5.19. The van der Waals surface area contributed by atoms with Crippen molar-refractivity contribution in [1.82, 2.24) is 0 Å². The van der Waals surface area contributed by atoms with Crippen molar-refractivity contribution >= 4 is 6.29 Å². The van der Waals surface area contributed by atoms with Crippen LogP contribution in [0.15, 0.2) is 18.2 Å². The van der Waals surface area contributed by atoms with E-state index in [9.17, 15) is 4.79 Å². The number of rotatable bonds is 5. The van der Waals surface area contributed by atoms with Crippen molar-refractivity contribution in [2.45, 2.75) is 31.6 Å². The van der Waals surface area contributed by atoms with Crippen molar-refractivity contribution < 1.29 is 14.3 Å². The van der Waals surface area contributed by atoms with Crippen molar-refractivity contribution in [3.63, 3.8) is 0 Å². The second-order valence-electron chi connectivity index (χ2n) is 4.85. The van der Waals surface area contributed by atoms with E-state index in [0.29, 0.717) is 18.3 Å². The number of hydrogen-bond acceptors (Lipinski definition) is 3. The number of aldehydes is 1. The van der Waals surface area contributed by atoms with Crippen molar-refractivity contribution in [1.29, 1.82) is 0 Å². The molecule has 1 aliphatic carbocycles. The first kappa shape index (κ1) is 12.9. The number of benzene rings is 1. The zero-order chi connectivity index (χ0) is 13.0. The average molecular weight is 248 g/mol.